The molecule has 0 radical (unpaired) electrons. The lowest BCUT2D eigenvalue weighted by molar-refractivity contribution is -0.115. The van der Waals surface area contributed by atoms with Gasteiger partial charge in [0.25, 0.3) is 0 Å². The van der Waals surface area contributed by atoms with E-state index in [1.54, 1.807) is 18.2 Å². The molecule has 6 nitrogen and oxygen atoms in total. The number of carboxylic acid groups (broad SMARTS) is 1. The number of anilines is 1. The predicted molar refractivity (Wildman–Crippen MR) is 77.8 cm³/mol. The third-order valence-corrected chi connectivity index (χ3v) is 3.27. The Kier molecular flexibility index (Phi) is 4.72. The SMILES string of the molecule is O=C(Cc1c(Cl)cccc1Cl)Nc1nccnc1C(=O)O. The number of aromatic carboxylic acids is 1. The van der Waals surface area contributed by atoms with E-state index in [9.17, 15) is 9.59 Å². The number of benzene rings is 1. The highest BCUT2D eigenvalue weighted by molar-refractivity contribution is 6.36. The van der Waals surface area contributed by atoms with E-state index in [0.717, 1.165) is 0 Å². The summed E-state index contributed by atoms with van der Waals surface area (Å²) in [6.45, 7) is 0. The zero-order chi connectivity index (χ0) is 15.4. The van der Waals surface area contributed by atoms with Crippen LogP contribution in [-0.2, 0) is 11.2 Å². The van der Waals surface area contributed by atoms with Crippen LogP contribution in [0.3, 0.4) is 0 Å². The van der Waals surface area contributed by atoms with Gasteiger partial charge in [-0.25, -0.2) is 14.8 Å². The van der Waals surface area contributed by atoms with E-state index in [0.29, 0.717) is 15.6 Å². The van der Waals surface area contributed by atoms with Crippen molar-refractivity contribution in [3.63, 3.8) is 0 Å². The van der Waals surface area contributed by atoms with Crippen LogP contribution in [0.5, 0.6) is 0 Å². The lowest BCUT2D eigenvalue weighted by atomic mass is 10.1. The molecule has 0 spiro atoms. The minimum atomic E-state index is -1.28. The lowest BCUT2D eigenvalue weighted by Gasteiger charge is -2.08. The fourth-order valence-electron chi connectivity index (χ4n) is 1.62. The van der Waals surface area contributed by atoms with Gasteiger partial charge in [0.05, 0.1) is 6.42 Å². The molecule has 8 heteroatoms. The van der Waals surface area contributed by atoms with Crippen LogP contribution in [0, 0.1) is 0 Å². The molecule has 2 N–H and O–H groups in total. The van der Waals surface area contributed by atoms with Crippen LogP contribution in [0.15, 0.2) is 30.6 Å². The summed E-state index contributed by atoms with van der Waals surface area (Å²) in [5.41, 5.74) is 0.121. The van der Waals surface area contributed by atoms with E-state index in [2.05, 4.69) is 15.3 Å². The molecule has 0 aliphatic heterocycles. The van der Waals surface area contributed by atoms with E-state index >= 15 is 0 Å². The minimum Gasteiger partial charge on any atom is -0.476 e. The molecule has 0 aliphatic carbocycles. The highest BCUT2D eigenvalue weighted by Crippen LogP contribution is 2.25. The minimum absolute atomic E-state index is 0.103. The summed E-state index contributed by atoms with van der Waals surface area (Å²) >= 11 is 11.9. The van der Waals surface area contributed by atoms with Crippen molar-refractivity contribution in [3.05, 3.63) is 51.9 Å². The molecule has 1 heterocycles. The van der Waals surface area contributed by atoms with E-state index in [4.69, 9.17) is 28.3 Å². The molecule has 1 amide bonds. The number of rotatable bonds is 4. The number of nitrogens with one attached hydrogen (secondary N) is 1. The first-order valence-corrected chi connectivity index (χ1v) is 6.51. The fourth-order valence-corrected chi connectivity index (χ4v) is 2.16. The van der Waals surface area contributed by atoms with Crippen LogP contribution in [0.4, 0.5) is 5.82 Å². The molecule has 0 atom stereocenters. The summed E-state index contributed by atoms with van der Waals surface area (Å²) < 4.78 is 0. The van der Waals surface area contributed by atoms with Gasteiger partial charge in [0.1, 0.15) is 0 Å². The van der Waals surface area contributed by atoms with Gasteiger partial charge in [-0.1, -0.05) is 29.3 Å². The smallest absolute Gasteiger partial charge is 0.358 e. The average molecular weight is 326 g/mol. The number of carboxylic acids is 1. The highest BCUT2D eigenvalue weighted by atomic mass is 35.5. The maximum absolute atomic E-state index is 12.0. The number of carbonyl (C=O) groups excluding carboxylic acids is 1. The molecule has 0 saturated carbocycles. The Bertz CT molecular complexity index is 687. The van der Waals surface area contributed by atoms with Gasteiger partial charge in [0, 0.05) is 22.4 Å². The highest BCUT2D eigenvalue weighted by Gasteiger charge is 2.16. The van der Waals surface area contributed by atoms with Crippen molar-refractivity contribution in [1.29, 1.82) is 0 Å². The number of hydrogen-bond donors (Lipinski definition) is 2. The van der Waals surface area contributed by atoms with Gasteiger partial charge in [-0.05, 0) is 17.7 Å². The van der Waals surface area contributed by atoms with Crippen molar-refractivity contribution in [2.75, 3.05) is 5.32 Å². The third-order valence-electron chi connectivity index (χ3n) is 2.56. The molecule has 0 unspecified atom stereocenters. The number of hydrogen-bond acceptors (Lipinski definition) is 4. The summed E-state index contributed by atoms with van der Waals surface area (Å²) in [5.74, 6) is -1.90. The van der Waals surface area contributed by atoms with Gasteiger partial charge in [-0.15, -0.1) is 0 Å². The second kappa shape index (κ2) is 6.51. The molecular formula is C13H9Cl2N3O3. The number of nitrogens with zero attached hydrogens (tertiary/aromatic N) is 2. The molecule has 2 rings (SSSR count). The van der Waals surface area contributed by atoms with Gasteiger partial charge < -0.3 is 10.4 Å². The third kappa shape index (κ3) is 3.68. The fraction of sp³-hybridized carbons (Fsp3) is 0.0769. The second-order valence-electron chi connectivity index (χ2n) is 3.98. The van der Waals surface area contributed by atoms with Crippen LogP contribution in [-0.4, -0.2) is 27.0 Å². The number of halogens is 2. The summed E-state index contributed by atoms with van der Waals surface area (Å²) in [4.78, 5) is 30.4. The summed E-state index contributed by atoms with van der Waals surface area (Å²) in [7, 11) is 0. The Morgan fingerprint density at radius 3 is 2.38 bits per heavy atom. The summed E-state index contributed by atoms with van der Waals surface area (Å²) in [5, 5.41) is 12.1. The quantitative estimate of drug-likeness (QED) is 0.901. The van der Waals surface area contributed by atoms with Crippen molar-refractivity contribution in [1.82, 2.24) is 9.97 Å². The van der Waals surface area contributed by atoms with Crippen molar-refractivity contribution in [3.8, 4) is 0 Å². The largest absolute Gasteiger partial charge is 0.476 e. The van der Waals surface area contributed by atoms with Crippen LogP contribution in [0.2, 0.25) is 10.0 Å². The van der Waals surface area contributed by atoms with Crippen molar-refractivity contribution < 1.29 is 14.7 Å². The molecule has 0 aliphatic rings. The number of amides is 1. The van der Waals surface area contributed by atoms with Crippen LogP contribution >= 0.6 is 23.2 Å². The van der Waals surface area contributed by atoms with Crippen LogP contribution in [0.25, 0.3) is 0 Å². The van der Waals surface area contributed by atoms with E-state index in [-0.39, 0.29) is 17.9 Å². The van der Waals surface area contributed by atoms with Gasteiger partial charge in [-0.3, -0.25) is 4.79 Å². The van der Waals surface area contributed by atoms with Crippen LogP contribution in [0.1, 0.15) is 16.1 Å². The summed E-state index contributed by atoms with van der Waals surface area (Å²) in [6.07, 6.45) is 2.41. The van der Waals surface area contributed by atoms with Crippen molar-refractivity contribution in [2.45, 2.75) is 6.42 Å². The Labute approximate surface area is 129 Å². The first-order chi connectivity index (χ1) is 9.99. The normalized spacial score (nSPS) is 10.2. The van der Waals surface area contributed by atoms with Crippen molar-refractivity contribution in [2.24, 2.45) is 0 Å². The van der Waals surface area contributed by atoms with Crippen molar-refractivity contribution >= 4 is 40.9 Å². The molecule has 0 fully saturated rings. The molecule has 108 valence electrons. The van der Waals surface area contributed by atoms with Gasteiger partial charge in [0.2, 0.25) is 5.91 Å². The Morgan fingerprint density at radius 1 is 1.14 bits per heavy atom. The van der Waals surface area contributed by atoms with E-state index in [1.165, 1.54) is 12.4 Å². The Morgan fingerprint density at radius 2 is 1.76 bits per heavy atom. The molecule has 1 aromatic heterocycles. The maximum Gasteiger partial charge on any atom is 0.358 e. The zero-order valence-electron chi connectivity index (χ0n) is 10.5. The molecule has 1 aromatic carbocycles. The first kappa shape index (κ1) is 15.2. The summed E-state index contributed by atoms with van der Waals surface area (Å²) in [6, 6.07) is 4.89. The monoisotopic (exact) mass is 325 g/mol. The average Bonchev–Trinajstić information content (AvgIpc) is 2.43. The number of carbonyl (C=O) groups is 2. The predicted octanol–water partition coefficient (Wildman–Crippen LogP) is 2.66. The van der Waals surface area contributed by atoms with Gasteiger partial charge in [-0.2, -0.15) is 0 Å². The topological polar surface area (TPSA) is 92.2 Å². The Hall–Kier alpha value is -2.18. The molecule has 2 aromatic rings. The number of aromatic nitrogens is 2. The van der Waals surface area contributed by atoms with Gasteiger partial charge in [0.15, 0.2) is 11.5 Å². The van der Waals surface area contributed by atoms with E-state index < -0.39 is 11.9 Å². The van der Waals surface area contributed by atoms with Gasteiger partial charge >= 0.3 is 5.97 Å². The Balaban J connectivity index is 2.18. The second-order valence-corrected chi connectivity index (χ2v) is 4.80. The zero-order valence-corrected chi connectivity index (χ0v) is 12.0. The molecular weight excluding hydrogens is 317 g/mol. The van der Waals surface area contributed by atoms with E-state index in [1.807, 2.05) is 0 Å². The maximum atomic E-state index is 12.0. The standard InChI is InChI=1S/C13H9Cl2N3O3/c14-8-2-1-3-9(15)7(8)6-10(19)18-12-11(13(20)21)16-4-5-17-12/h1-5H,6H2,(H,20,21)(H,17,18,19). The van der Waals surface area contributed by atoms with Crippen LogP contribution < -0.4 is 5.32 Å². The lowest BCUT2D eigenvalue weighted by Crippen LogP contribution is -2.19. The molecule has 21 heavy (non-hydrogen) atoms. The molecule has 0 saturated heterocycles. The molecule has 0 bridgehead atoms. The first-order valence-electron chi connectivity index (χ1n) is 5.76.